The molecule has 0 bridgehead atoms. The molecule has 0 aliphatic carbocycles. The van der Waals surface area contributed by atoms with E-state index in [0.717, 1.165) is 83.5 Å². The van der Waals surface area contributed by atoms with Crippen molar-refractivity contribution in [1.29, 1.82) is 0 Å². The van der Waals surface area contributed by atoms with Crippen molar-refractivity contribution in [1.82, 2.24) is 0 Å². The van der Waals surface area contributed by atoms with Crippen LogP contribution in [0.3, 0.4) is 0 Å². The van der Waals surface area contributed by atoms with Crippen LogP contribution >= 0.6 is 0 Å². The molecule has 8 heteroatoms. The topological polar surface area (TPSA) is 105 Å². The summed E-state index contributed by atoms with van der Waals surface area (Å²) >= 11 is 0. The quantitative estimate of drug-likeness (QED) is 0.0691. The SMILES string of the molecule is CCCCCCCCCC[C@H](O)[C@H]1CC[C@H]([C@H](O)CC[C@H](O)[C@@H]2CC[C@@H](CCCCCCC[C@@H]([18F])CC3=C[C@H](C)OC3=O)O2)O1. The molecule has 9 atom stereocenters. The van der Waals surface area contributed by atoms with Crippen LogP contribution in [0.4, 0.5) is 4.39 Å². The highest BCUT2D eigenvalue weighted by Crippen LogP contribution is 2.31. The molecule has 3 N–H and O–H groups in total. The summed E-state index contributed by atoms with van der Waals surface area (Å²) in [5.74, 6) is -0.375. The number of alkyl halides is 1. The first kappa shape index (κ1) is 38.4. The summed E-state index contributed by atoms with van der Waals surface area (Å²) in [4.78, 5) is 11.6. The minimum Gasteiger partial charge on any atom is -0.455 e. The molecular weight excluding hydrogens is 574 g/mol. The molecule has 0 aromatic rings. The number of rotatable bonds is 25. The lowest BCUT2D eigenvalue weighted by Crippen LogP contribution is -2.33. The number of hydrogen-bond acceptors (Lipinski definition) is 7. The molecule has 0 saturated carbocycles. The van der Waals surface area contributed by atoms with Crippen LogP contribution in [-0.4, -0.2) is 76.3 Å². The third-order valence-electron chi connectivity index (χ3n) is 10.1. The number of aliphatic hydroxyl groups excluding tert-OH is 3. The minimum absolute atomic E-state index is 0.159. The predicted molar refractivity (Wildman–Crippen MR) is 176 cm³/mol. The molecule has 0 aromatic heterocycles. The van der Waals surface area contributed by atoms with Crippen LogP contribution in [0.25, 0.3) is 0 Å². The molecule has 7 nitrogen and oxygen atoms in total. The third-order valence-corrected chi connectivity index (χ3v) is 10.1. The van der Waals surface area contributed by atoms with Crippen molar-refractivity contribution >= 4 is 5.97 Å². The van der Waals surface area contributed by atoms with Gasteiger partial charge in [0.15, 0.2) is 0 Å². The van der Waals surface area contributed by atoms with Crippen LogP contribution < -0.4 is 0 Å². The second-order valence-electron chi connectivity index (χ2n) is 14.2. The smallest absolute Gasteiger partial charge is 0.334 e. The highest BCUT2D eigenvalue weighted by molar-refractivity contribution is 5.90. The van der Waals surface area contributed by atoms with Crippen LogP contribution in [0, 0.1) is 0 Å². The van der Waals surface area contributed by atoms with Crippen molar-refractivity contribution in [2.75, 3.05) is 0 Å². The third kappa shape index (κ3) is 14.7. The van der Waals surface area contributed by atoms with E-state index in [0.29, 0.717) is 24.8 Å². The molecule has 262 valence electrons. The Balaban J connectivity index is 1.16. The van der Waals surface area contributed by atoms with Crippen molar-refractivity contribution < 1.29 is 38.7 Å². The molecule has 3 aliphatic rings. The Hall–Kier alpha value is -1.06. The second-order valence-corrected chi connectivity index (χ2v) is 14.2. The maximum atomic E-state index is 14.2. The van der Waals surface area contributed by atoms with Gasteiger partial charge < -0.3 is 29.5 Å². The first-order chi connectivity index (χ1) is 21.8. The number of ether oxygens (including phenoxy) is 3. The van der Waals surface area contributed by atoms with E-state index in [9.17, 15) is 24.5 Å². The molecule has 0 amide bonds. The molecule has 3 rings (SSSR count). The maximum Gasteiger partial charge on any atom is 0.334 e. The number of aliphatic hydroxyl groups is 3. The van der Waals surface area contributed by atoms with Gasteiger partial charge >= 0.3 is 5.97 Å². The zero-order valence-electron chi connectivity index (χ0n) is 28.4. The Morgan fingerprint density at radius 2 is 1.22 bits per heavy atom. The van der Waals surface area contributed by atoms with Crippen molar-refractivity contribution in [3.05, 3.63) is 11.6 Å². The highest BCUT2D eigenvalue weighted by Gasteiger charge is 2.36. The molecule has 2 fully saturated rings. The van der Waals surface area contributed by atoms with Gasteiger partial charge in [-0.15, -0.1) is 0 Å². The van der Waals surface area contributed by atoms with E-state index in [2.05, 4.69) is 6.92 Å². The Morgan fingerprint density at radius 3 is 1.82 bits per heavy atom. The fraction of sp³-hybridized carbons (Fsp3) is 0.919. The van der Waals surface area contributed by atoms with Gasteiger partial charge in [0, 0.05) is 12.0 Å². The van der Waals surface area contributed by atoms with E-state index >= 15 is 0 Å². The first-order valence-electron chi connectivity index (χ1n) is 18.7. The van der Waals surface area contributed by atoms with Gasteiger partial charge in [0.1, 0.15) is 12.3 Å². The zero-order valence-corrected chi connectivity index (χ0v) is 28.4. The Morgan fingerprint density at radius 1 is 0.711 bits per heavy atom. The summed E-state index contributed by atoms with van der Waals surface area (Å²) in [6, 6.07) is 0. The Bertz CT molecular complexity index is 838. The summed E-state index contributed by atoms with van der Waals surface area (Å²) in [7, 11) is 0. The lowest BCUT2D eigenvalue weighted by atomic mass is 9.98. The van der Waals surface area contributed by atoms with E-state index in [4.69, 9.17) is 14.2 Å². The Kier molecular flexibility index (Phi) is 18.5. The number of carbonyl (C=O) groups excluding carboxylic acids is 1. The van der Waals surface area contributed by atoms with Crippen LogP contribution in [0.15, 0.2) is 11.6 Å². The predicted octanol–water partition coefficient (Wildman–Crippen LogP) is 7.81. The summed E-state index contributed by atoms with van der Waals surface area (Å²) in [5, 5.41) is 32.1. The molecular formula is C37H65FO7. The van der Waals surface area contributed by atoms with Crippen molar-refractivity contribution in [2.24, 2.45) is 0 Å². The van der Waals surface area contributed by atoms with Gasteiger partial charge in [-0.25, -0.2) is 9.18 Å². The summed E-state index contributed by atoms with van der Waals surface area (Å²) in [6.45, 7) is 4.03. The van der Waals surface area contributed by atoms with Crippen LogP contribution in [0.2, 0.25) is 0 Å². The molecule has 0 aromatic carbocycles. The first-order valence-corrected chi connectivity index (χ1v) is 18.7. The van der Waals surface area contributed by atoms with Gasteiger partial charge in [-0.1, -0.05) is 90.4 Å². The molecule has 0 radical (unpaired) electrons. The van der Waals surface area contributed by atoms with Crippen LogP contribution in [0.1, 0.15) is 162 Å². The average Bonchev–Trinajstić information content (AvgIpc) is 3.77. The molecule has 0 unspecified atom stereocenters. The standard InChI is InChI=1S/C37H65FO7/c1-3-4-5-6-7-8-12-15-18-31(39)35-23-24-36(45-35)33(41)21-20-32(40)34-22-19-30(44-34)17-14-11-9-10-13-16-29(38)26-28-25-27(2)43-37(28)42/h25,27,29-36,39-41H,3-24,26H2,1-2H3/t27-,29+,30+,31-,32-,33+,34-,35+,36+/m0/s1/i38-1. The van der Waals surface area contributed by atoms with E-state index in [1.165, 1.54) is 38.5 Å². The van der Waals surface area contributed by atoms with Crippen LogP contribution in [-0.2, 0) is 19.0 Å². The summed E-state index contributed by atoms with van der Waals surface area (Å²) in [5.41, 5.74) is 0.475. The van der Waals surface area contributed by atoms with Crippen LogP contribution in [0.5, 0.6) is 0 Å². The lowest BCUT2D eigenvalue weighted by Gasteiger charge is -2.24. The van der Waals surface area contributed by atoms with E-state index in [-0.39, 0.29) is 42.9 Å². The number of unbranched alkanes of at least 4 members (excludes halogenated alkanes) is 11. The number of halogens is 1. The fourth-order valence-corrected chi connectivity index (χ4v) is 7.26. The summed E-state index contributed by atoms with van der Waals surface area (Å²) in [6.07, 6.45) is 20.0. The second kappa shape index (κ2) is 21.7. The largest absolute Gasteiger partial charge is 0.455 e. The molecule has 3 heterocycles. The van der Waals surface area contributed by atoms with Crippen molar-refractivity contribution in [3.8, 4) is 0 Å². The molecule has 0 spiro atoms. The van der Waals surface area contributed by atoms with Gasteiger partial charge in [-0.2, -0.15) is 0 Å². The normalized spacial score (nSPS) is 27.8. The average molecular weight is 640 g/mol. The van der Waals surface area contributed by atoms with E-state index in [1.54, 1.807) is 13.0 Å². The zero-order chi connectivity index (χ0) is 32.4. The van der Waals surface area contributed by atoms with Crippen molar-refractivity contribution in [3.63, 3.8) is 0 Å². The lowest BCUT2D eigenvalue weighted by molar-refractivity contribution is -0.139. The van der Waals surface area contributed by atoms with Gasteiger partial charge in [0.25, 0.3) is 0 Å². The molecule has 45 heavy (non-hydrogen) atoms. The molecule has 2 saturated heterocycles. The number of hydrogen-bond donors (Lipinski definition) is 3. The van der Waals surface area contributed by atoms with Gasteiger partial charge in [0.2, 0.25) is 0 Å². The summed E-state index contributed by atoms with van der Waals surface area (Å²) < 4.78 is 31.5. The number of carbonyl (C=O) groups is 1. The molecule has 3 aliphatic heterocycles. The minimum atomic E-state index is -0.990. The number of esters is 1. The van der Waals surface area contributed by atoms with E-state index in [1.807, 2.05) is 0 Å². The fourth-order valence-electron chi connectivity index (χ4n) is 7.26. The monoisotopic (exact) mass is 639 g/mol. The van der Waals surface area contributed by atoms with E-state index < -0.39 is 24.5 Å². The van der Waals surface area contributed by atoms with Crippen molar-refractivity contribution in [2.45, 2.75) is 217 Å². The van der Waals surface area contributed by atoms with Gasteiger partial charge in [-0.3, -0.25) is 0 Å². The number of cyclic esters (lactones) is 1. The maximum absolute atomic E-state index is 14.2. The highest BCUT2D eigenvalue weighted by atomic mass is 18.2. The van der Waals surface area contributed by atoms with Gasteiger partial charge in [-0.05, 0) is 70.8 Å². The van der Waals surface area contributed by atoms with Gasteiger partial charge in [0.05, 0.1) is 42.7 Å². The Labute approximate surface area is 272 Å².